The van der Waals surface area contributed by atoms with Crippen molar-refractivity contribution in [3.63, 3.8) is 0 Å². The molecule has 8 nitrogen and oxygen atoms in total. The van der Waals surface area contributed by atoms with Crippen molar-refractivity contribution >= 4 is 21.3 Å². The fourth-order valence-corrected chi connectivity index (χ4v) is 3.65. The van der Waals surface area contributed by atoms with E-state index in [2.05, 4.69) is 32.0 Å². The maximum absolute atomic E-state index is 11.2. The molecule has 0 aromatic carbocycles. The van der Waals surface area contributed by atoms with E-state index in [9.17, 15) is 8.42 Å². The summed E-state index contributed by atoms with van der Waals surface area (Å²) in [6.07, 6.45) is 3.59. The van der Waals surface area contributed by atoms with Crippen molar-refractivity contribution in [1.29, 1.82) is 0 Å². The third-order valence-electron chi connectivity index (χ3n) is 4.14. The van der Waals surface area contributed by atoms with Crippen LogP contribution in [0.5, 0.6) is 0 Å². The lowest BCUT2D eigenvalue weighted by molar-refractivity contribution is 0.228. The number of sulfone groups is 1. The van der Waals surface area contributed by atoms with Crippen molar-refractivity contribution < 1.29 is 8.42 Å². The van der Waals surface area contributed by atoms with Crippen LogP contribution in [-0.2, 0) is 9.84 Å². The minimum absolute atomic E-state index is 0.257. The molecule has 2 aromatic rings. The van der Waals surface area contributed by atoms with Crippen LogP contribution in [-0.4, -0.2) is 77.4 Å². The molecular weight excluding hydrogens is 316 g/mol. The van der Waals surface area contributed by atoms with E-state index in [0.717, 1.165) is 37.6 Å². The van der Waals surface area contributed by atoms with Crippen LogP contribution in [0.25, 0.3) is 5.65 Å². The number of nitrogens with zero attached hydrogens (tertiary/aromatic N) is 6. The summed E-state index contributed by atoms with van der Waals surface area (Å²) in [7, 11) is -2.87. The summed E-state index contributed by atoms with van der Waals surface area (Å²) >= 11 is 0. The normalized spacial score (nSPS) is 20.3. The Kier molecular flexibility index (Phi) is 4.49. The Hall–Kier alpha value is -1.74. The molecule has 1 atom stereocenters. The molecule has 0 spiro atoms. The number of hydrogen-bond acceptors (Lipinski definition) is 7. The first kappa shape index (κ1) is 16.1. The Morgan fingerprint density at radius 3 is 2.87 bits per heavy atom. The van der Waals surface area contributed by atoms with Gasteiger partial charge >= 0.3 is 0 Å². The largest absolute Gasteiger partial charge is 0.350 e. The van der Waals surface area contributed by atoms with Gasteiger partial charge in [0.2, 0.25) is 0 Å². The third-order valence-corrected chi connectivity index (χ3v) is 5.17. The predicted molar refractivity (Wildman–Crippen MR) is 88.4 cm³/mol. The van der Waals surface area contributed by atoms with E-state index in [1.54, 1.807) is 10.8 Å². The number of aromatic nitrogens is 4. The van der Waals surface area contributed by atoms with Gasteiger partial charge in [-0.3, -0.25) is 4.90 Å². The monoisotopic (exact) mass is 338 g/mol. The van der Waals surface area contributed by atoms with E-state index >= 15 is 0 Å². The smallest absolute Gasteiger partial charge is 0.177 e. The highest BCUT2D eigenvalue weighted by molar-refractivity contribution is 7.90. The van der Waals surface area contributed by atoms with Gasteiger partial charge in [-0.15, -0.1) is 15.3 Å². The van der Waals surface area contributed by atoms with Gasteiger partial charge in [0.05, 0.1) is 5.75 Å². The summed E-state index contributed by atoms with van der Waals surface area (Å²) in [5.74, 6) is 1.17. The van der Waals surface area contributed by atoms with Crippen LogP contribution < -0.4 is 4.90 Å². The van der Waals surface area contributed by atoms with Gasteiger partial charge < -0.3 is 4.90 Å². The van der Waals surface area contributed by atoms with E-state index in [1.165, 1.54) is 6.26 Å². The standard InChI is InChI=1S/C14H22N6O2S/c1-12-10-18(6-3-9-23(2,21)22)7-8-19(12)14-5-4-13-16-15-11-20(13)17-14/h4-5,11-12H,3,6-10H2,1-2H3. The van der Waals surface area contributed by atoms with Crippen LogP contribution >= 0.6 is 0 Å². The molecule has 9 heteroatoms. The van der Waals surface area contributed by atoms with E-state index in [0.29, 0.717) is 12.5 Å². The minimum atomic E-state index is -2.87. The molecular formula is C14H22N6O2S. The fraction of sp³-hybridized carbons (Fsp3) is 0.643. The van der Waals surface area contributed by atoms with Crippen molar-refractivity contribution in [1.82, 2.24) is 24.7 Å². The zero-order valence-electron chi connectivity index (χ0n) is 13.5. The molecule has 1 unspecified atom stereocenters. The Bertz CT molecular complexity index is 774. The molecule has 23 heavy (non-hydrogen) atoms. The molecule has 3 rings (SSSR count). The lowest BCUT2D eigenvalue weighted by atomic mass is 10.2. The van der Waals surface area contributed by atoms with E-state index in [4.69, 9.17) is 0 Å². The Balaban J connectivity index is 1.60. The van der Waals surface area contributed by atoms with Crippen LogP contribution in [0.3, 0.4) is 0 Å². The lowest BCUT2D eigenvalue weighted by Crippen LogP contribution is -2.52. The van der Waals surface area contributed by atoms with Gasteiger partial charge in [0.1, 0.15) is 22.0 Å². The molecule has 1 aliphatic rings. The second-order valence-electron chi connectivity index (χ2n) is 6.15. The molecule has 0 saturated carbocycles. The Labute approximate surface area is 136 Å². The molecule has 1 fully saturated rings. The topological polar surface area (TPSA) is 83.7 Å². The summed E-state index contributed by atoms with van der Waals surface area (Å²) in [6.45, 7) is 5.69. The highest BCUT2D eigenvalue weighted by atomic mass is 32.2. The van der Waals surface area contributed by atoms with Crippen molar-refractivity contribution in [3.8, 4) is 0 Å². The van der Waals surface area contributed by atoms with E-state index in [1.807, 2.05) is 12.1 Å². The van der Waals surface area contributed by atoms with Gasteiger partial charge in [0.25, 0.3) is 0 Å². The summed E-state index contributed by atoms with van der Waals surface area (Å²) < 4.78 is 24.1. The van der Waals surface area contributed by atoms with Crippen molar-refractivity contribution in [2.75, 3.05) is 43.1 Å². The molecule has 0 bridgehead atoms. The first-order chi connectivity index (χ1) is 10.9. The third kappa shape index (κ3) is 3.97. The first-order valence-electron chi connectivity index (χ1n) is 7.76. The molecule has 0 aliphatic carbocycles. The predicted octanol–water partition coefficient (Wildman–Crippen LogP) is 0.0695. The molecule has 1 aliphatic heterocycles. The van der Waals surface area contributed by atoms with Crippen molar-refractivity contribution in [2.24, 2.45) is 0 Å². The molecule has 3 heterocycles. The van der Waals surface area contributed by atoms with Gasteiger partial charge in [0.15, 0.2) is 5.65 Å². The van der Waals surface area contributed by atoms with Gasteiger partial charge in [0, 0.05) is 31.9 Å². The van der Waals surface area contributed by atoms with Crippen LogP contribution in [0.15, 0.2) is 18.5 Å². The lowest BCUT2D eigenvalue weighted by Gasteiger charge is -2.40. The van der Waals surface area contributed by atoms with E-state index in [-0.39, 0.29) is 5.75 Å². The quantitative estimate of drug-likeness (QED) is 0.763. The summed E-state index contributed by atoms with van der Waals surface area (Å²) in [5, 5.41) is 12.4. The average molecular weight is 338 g/mol. The van der Waals surface area contributed by atoms with E-state index < -0.39 is 9.84 Å². The molecule has 126 valence electrons. The van der Waals surface area contributed by atoms with Gasteiger partial charge in [-0.25, -0.2) is 8.42 Å². The summed E-state index contributed by atoms with van der Waals surface area (Å²) in [5.41, 5.74) is 0.737. The summed E-state index contributed by atoms with van der Waals surface area (Å²) in [4.78, 5) is 4.59. The molecule has 0 radical (unpaired) electrons. The Morgan fingerprint density at radius 2 is 2.13 bits per heavy atom. The molecule has 0 N–H and O–H groups in total. The highest BCUT2D eigenvalue weighted by Gasteiger charge is 2.25. The van der Waals surface area contributed by atoms with Crippen LogP contribution in [0.1, 0.15) is 13.3 Å². The highest BCUT2D eigenvalue weighted by Crippen LogP contribution is 2.18. The van der Waals surface area contributed by atoms with Crippen molar-refractivity contribution in [2.45, 2.75) is 19.4 Å². The zero-order valence-corrected chi connectivity index (χ0v) is 14.3. The Morgan fingerprint density at radius 1 is 1.30 bits per heavy atom. The first-order valence-corrected chi connectivity index (χ1v) is 9.82. The minimum Gasteiger partial charge on any atom is -0.350 e. The number of piperazine rings is 1. The maximum atomic E-state index is 11.2. The van der Waals surface area contributed by atoms with Crippen molar-refractivity contribution in [3.05, 3.63) is 18.5 Å². The van der Waals surface area contributed by atoms with Crippen LogP contribution in [0.2, 0.25) is 0 Å². The second kappa shape index (κ2) is 6.40. The van der Waals surface area contributed by atoms with Crippen LogP contribution in [0.4, 0.5) is 5.82 Å². The maximum Gasteiger partial charge on any atom is 0.177 e. The number of hydrogen-bond donors (Lipinski definition) is 0. The van der Waals surface area contributed by atoms with Gasteiger partial charge in [-0.1, -0.05) is 0 Å². The molecule has 0 amide bonds. The van der Waals surface area contributed by atoms with Gasteiger partial charge in [-0.2, -0.15) is 4.52 Å². The molecule has 2 aromatic heterocycles. The average Bonchev–Trinajstić information content (AvgIpc) is 2.93. The van der Waals surface area contributed by atoms with Gasteiger partial charge in [-0.05, 0) is 32.0 Å². The fourth-order valence-electron chi connectivity index (χ4n) is 3.00. The SMILES string of the molecule is CC1CN(CCCS(C)(=O)=O)CCN1c1ccc2nncn2n1. The van der Waals surface area contributed by atoms with Crippen LogP contribution in [0, 0.1) is 0 Å². The zero-order chi connectivity index (χ0) is 16.4. The number of anilines is 1. The molecule has 1 saturated heterocycles. The summed E-state index contributed by atoms with van der Waals surface area (Å²) in [6, 6.07) is 4.21. The number of fused-ring (bicyclic) bond motifs is 1. The number of rotatable bonds is 5. The second-order valence-corrected chi connectivity index (χ2v) is 8.41.